The average Bonchev–Trinajstić information content (AvgIpc) is 2.77. The Kier molecular flexibility index (Phi) is 3.81. The van der Waals surface area contributed by atoms with Gasteiger partial charge in [0.2, 0.25) is 0 Å². The number of halogens is 1. The fourth-order valence-corrected chi connectivity index (χ4v) is 1.72. The molecule has 0 bridgehead atoms. The van der Waals surface area contributed by atoms with Gasteiger partial charge in [-0.15, -0.1) is 0 Å². The summed E-state index contributed by atoms with van der Waals surface area (Å²) in [6.45, 7) is 6.29. The Balaban J connectivity index is 2.15. The molecule has 0 amide bonds. The topological polar surface area (TPSA) is 63.8 Å². The maximum Gasteiger partial charge on any atom is 0.156 e. The molecule has 0 aliphatic rings. The van der Waals surface area contributed by atoms with Crippen molar-refractivity contribution in [1.29, 1.82) is 0 Å². The van der Waals surface area contributed by atoms with Crippen LogP contribution in [0.3, 0.4) is 0 Å². The molecule has 0 aromatic carbocycles. The van der Waals surface area contributed by atoms with Crippen molar-refractivity contribution in [3.8, 4) is 0 Å². The summed E-state index contributed by atoms with van der Waals surface area (Å²) in [6.07, 6.45) is 0.746. The second kappa shape index (κ2) is 5.35. The molecule has 0 aliphatic carbocycles. The van der Waals surface area contributed by atoms with Gasteiger partial charge in [0.15, 0.2) is 5.76 Å². The Morgan fingerprint density at radius 1 is 1.33 bits per heavy atom. The highest BCUT2D eigenvalue weighted by Crippen LogP contribution is 2.20. The van der Waals surface area contributed by atoms with Gasteiger partial charge in [0.25, 0.3) is 0 Å². The quantitative estimate of drug-likeness (QED) is 0.862. The predicted octanol–water partition coefficient (Wildman–Crippen LogP) is 2.91. The highest BCUT2D eigenvalue weighted by molar-refractivity contribution is 6.30. The van der Waals surface area contributed by atoms with Gasteiger partial charge in [-0.2, -0.15) is 0 Å². The van der Waals surface area contributed by atoms with Gasteiger partial charge >= 0.3 is 0 Å². The fourth-order valence-electron chi connectivity index (χ4n) is 1.53. The molecule has 0 aliphatic heterocycles. The van der Waals surface area contributed by atoms with Gasteiger partial charge in [-0.3, -0.25) is 0 Å². The first-order valence-corrected chi connectivity index (χ1v) is 6.17. The molecule has 2 heterocycles. The first-order valence-electron chi connectivity index (χ1n) is 5.79. The minimum atomic E-state index is 0.484. The smallest absolute Gasteiger partial charge is 0.156 e. The number of anilines is 1. The second-order valence-corrected chi connectivity index (χ2v) is 4.40. The zero-order valence-corrected chi connectivity index (χ0v) is 11.4. The summed E-state index contributed by atoms with van der Waals surface area (Å²) in [5.74, 6) is 2.22. The molecule has 2 aromatic rings. The molecule has 5 nitrogen and oxygen atoms in total. The van der Waals surface area contributed by atoms with Gasteiger partial charge in [-0.05, 0) is 13.8 Å². The van der Waals surface area contributed by atoms with Crippen molar-refractivity contribution >= 4 is 17.4 Å². The van der Waals surface area contributed by atoms with Crippen LogP contribution in [0, 0.1) is 13.8 Å². The van der Waals surface area contributed by atoms with Crippen LogP contribution >= 0.6 is 11.6 Å². The standard InChI is InChI=1S/C12H15ClN4O/c1-4-10-15-11(13)8(3)12(16-10)14-6-9-5-7(2)17-18-9/h5H,4,6H2,1-3H3,(H,14,15,16). The normalized spacial score (nSPS) is 10.7. The van der Waals surface area contributed by atoms with E-state index in [-0.39, 0.29) is 0 Å². The van der Waals surface area contributed by atoms with E-state index in [1.54, 1.807) is 0 Å². The van der Waals surface area contributed by atoms with E-state index in [0.717, 1.165) is 35.1 Å². The molecule has 96 valence electrons. The zero-order chi connectivity index (χ0) is 13.1. The van der Waals surface area contributed by atoms with Crippen molar-refractivity contribution in [2.75, 3.05) is 5.32 Å². The summed E-state index contributed by atoms with van der Waals surface area (Å²) in [7, 11) is 0. The van der Waals surface area contributed by atoms with E-state index in [9.17, 15) is 0 Å². The molecule has 0 fully saturated rings. The molecule has 0 saturated carbocycles. The highest BCUT2D eigenvalue weighted by atomic mass is 35.5. The van der Waals surface area contributed by atoms with Crippen LogP contribution < -0.4 is 5.32 Å². The van der Waals surface area contributed by atoms with Crippen molar-refractivity contribution in [2.45, 2.75) is 33.7 Å². The molecule has 1 N–H and O–H groups in total. The average molecular weight is 267 g/mol. The van der Waals surface area contributed by atoms with Gasteiger partial charge in [0.1, 0.15) is 16.8 Å². The summed E-state index contributed by atoms with van der Waals surface area (Å²) in [6, 6.07) is 1.88. The van der Waals surface area contributed by atoms with Crippen molar-refractivity contribution in [2.24, 2.45) is 0 Å². The first kappa shape index (κ1) is 12.8. The molecule has 0 radical (unpaired) electrons. The van der Waals surface area contributed by atoms with Gasteiger partial charge in [0.05, 0.1) is 12.2 Å². The lowest BCUT2D eigenvalue weighted by Gasteiger charge is -2.09. The first-order chi connectivity index (χ1) is 8.60. The largest absolute Gasteiger partial charge is 0.362 e. The lowest BCUT2D eigenvalue weighted by atomic mass is 10.3. The van der Waals surface area contributed by atoms with E-state index < -0.39 is 0 Å². The Bertz CT molecular complexity index is 553. The van der Waals surface area contributed by atoms with Crippen LogP contribution in [-0.4, -0.2) is 15.1 Å². The number of hydrogen-bond donors (Lipinski definition) is 1. The molecule has 6 heteroatoms. The molecular weight excluding hydrogens is 252 g/mol. The summed E-state index contributed by atoms with van der Waals surface area (Å²) in [4.78, 5) is 8.59. The third kappa shape index (κ3) is 2.79. The molecular formula is C12H15ClN4O. The third-order valence-electron chi connectivity index (χ3n) is 2.56. The number of rotatable bonds is 4. The van der Waals surface area contributed by atoms with Crippen LogP contribution in [0.1, 0.15) is 29.8 Å². The van der Waals surface area contributed by atoms with E-state index >= 15 is 0 Å². The monoisotopic (exact) mass is 266 g/mol. The zero-order valence-electron chi connectivity index (χ0n) is 10.6. The molecule has 0 atom stereocenters. The highest BCUT2D eigenvalue weighted by Gasteiger charge is 2.09. The van der Waals surface area contributed by atoms with E-state index in [1.807, 2.05) is 26.8 Å². The molecule has 0 unspecified atom stereocenters. The minimum Gasteiger partial charge on any atom is -0.362 e. The molecule has 0 saturated heterocycles. The number of nitrogens with zero attached hydrogens (tertiary/aromatic N) is 3. The fraction of sp³-hybridized carbons (Fsp3) is 0.417. The van der Waals surface area contributed by atoms with E-state index in [0.29, 0.717) is 11.7 Å². The van der Waals surface area contributed by atoms with E-state index in [4.69, 9.17) is 16.1 Å². The van der Waals surface area contributed by atoms with Crippen LogP contribution in [0.2, 0.25) is 5.15 Å². The Morgan fingerprint density at radius 2 is 2.11 bits per heavy atom. The summed E-state index contributed by atoms with van der Waals surface area (Å²) >= 11 is 6.06. The van der Waals surface area contributed by atoms with Crippen molar-refractivity contribution < 1.29 is 4.52 Å². The van der Waals surface area contributed by atoms with Crippen LogP contribution in [0.25, 0.3) is 0 Å². The minimum absolute atomic E-state index is 0.484. The summed E-state index contributed by atoms with van der Waals surface area (Å²) in [5, 5.41) is 7.50. The van der Waals surface area contributed by atoms with Crippen LogP contribution in [-0.2, 0) is 13.0 Å². The maximum absolute atomic E-state index is 6.06. The summed E-state index contributed by atoms with van der Waals surface area (Å²) < 4.78 is 5.12. The predicted molar refractivity (Wildman–Crippen MR) is 69.7 cm³/mol. The van der Waals surface area contributed by atoms with Crippen LogP contribution in [0.4, 0.5) is 5.82 Å². The third-order valence-corrected chi connectivity index (χ3v) is 2.92. The molecule has 2 aromatic heterocycles. The van der Waals surface area contributed by atoms with Gasteiger partial charge in [0, 0.05) is 18.1 Å². The number of hydrogen-bond acceptors (Lipinski definition) is 5. The SMILES string of the molecule is CCc1nc(Cl)c(C)c(NCc2cc(C)no2)n1. The lowest BCUT2D eigenvalue weighted by Crippen LogP contribution is -2.06. The second-order valence-electron chi connectivity index (χ2n) is 4.05. The molecule has 0 spiro atoms. The van der Waals surface area contributed by atoms with Crippen molar-refractivity contribution in [3.63, 3.8) is 0 Å². The van der Waals surface area contributed by atoms with Crippen LogP contribution in [0.5, 0.6) is 0 Å². The Morgan fingerprint density at radius 3 is 2.72 bits per heavy atom. The Hall–Kier alpha value is -1.62. The van der Waals surface area contributed by atoms with Crippen LogP contribution in [0.15, 0.2) is 10.6 Å². The maximum atomic E-state index is 6.06. The van der Waals surface area contributed by atoms with Crippen molar-refractivity contribution in [3.05, 3.63) is 34.1 Å². The van der Waals surface area contributed by atoms with E-state index in [1.165, 1.54) is 0 Å². The Labute approximate surface area is 111 Å². The van der Waals surface area contributed by atoms with Gasteiger partial charge in [-0.25, -0.2) is 9.97 Å². The molecule has 18 heavy (non-hydrogen) atoms. The lowest BCUT2D eigenvalue weighted by molar-refractivity contribution is 0.384. The number of aromatic nitrogens is 3. The van der Waals surface area contributed by atoms with Gasteiger partial charge < -0.3 is 9.84 Å². The molecule has 2 rings (SSSR count). The number of nitrogens with one attached hydrogen (secondary N) is 1. The van der Waals surface area contributed by atoms with E-state index in [2.05, 4.69) is 20.4 Å². The number of aryl methyl sites for hydroxylation is 2. The van der Waals surface area contributed by atoms with Gasteiger partial charge in [-0.1, -0.05) is 23.7 Å². The van der Waals surface area contributed by atoms with Crippen molar-refractivity contribution in [1.82, 2.24) is 15.1 Å². The summed E-state index contributed by atoms with van der Waals surface area (Å²) in [5.41, 5.74) is 1.70.